The summed E-state index contributed by atoms with van der Waals surface area (Å²) in [5.74, 6) is 0. The molecule has 2 N–H and O–H groups in total. The van der Waals surface area contributed by atoms with Crippen molar-refractivity contribution in [1.82, 2.24) is 24.5 Å². The van der Waals surface area contributed by atoms with Crippen LogP contribution in [0.3, 0.4) is 0 Å². The SMILES string of the molecule is Cc1ccc2c(N)c(-c3ccc4nnn(C)c4c3)c(=O)n(-c3ccc(Cl)cc3)c2n1. The molecule has 5 aromatic rings. The topological polar surface area (TPSA) is 91.6 Å². The van der Waals surface area contributed by atoms with E-state index < -0.39 is 0 Å². The molecule has 0 aliphatic heterocycles. The lowest BCUT2D eigenvalue weighted by Gasteiger charge is -2.16. The van der Waals surface area contributed by atoms with Gasteiger partial charge < -0.3 is 5.73 Å². The first-order chi connectivity index (χ1) is 14.4. The number of nitrogens with zero attached hydrogens (tertiary/aromatic N) is 5. The minimum Gasteiger partial charge on any atom is -0.397 e. The third-order valence-corrected chi connectivity index (χ3v) is 5.44. The third-order valence-electron chi connectivity index (χ3n) is 5.19. The van der Waals surface area contributed by atoms with E-state index in [-0.39, 0.29) is 5.56 Å². The quantitative estimate of drug-likeness (QED) is 0.471. The summed E-state index contributed by atoms with van der Waals surface area (Å²) in [6, 6.07) is 16.4. The zero-order valence-electron chi connectivity index (χ0n) is 16.3. The molecule has 0 saturated carbocycles. The predicted molar refractivity (Wildman–Crippen MR) is 119 cm³/mol. The molecule has 0 saturated heterocycles. The van der Waals surface area contributed by atoms with Gasteiger partial charge in [0.1, 0.15) is 11.2 Å². The number of rotatable bonds is 2. The van der Waals surface area contributed by atoms with Gasteiger partial charge in [-0.1, -0.05) is 22.9 Å². The van der Waals surface area contributed by atoms with Gasteiger partial charge in [-0.2, -0.15) is 0 Å². The molecular weight excluding hydrogens is 400 g/mol. The predicted octanol–water partition coefficient (Wildman–Crippen LogP) is 3.88. The lowest BCUT2D eigenvalue weighted by molar-refractivity contribution is 0.736. The molecule has 0 aliphatic rings. The molecule has 2 aromatic carbocycles. The van der Waals surface area contributed by atoms with E-state index >= 15 is 0 Å². The summed E-state index contributed by atoms with van der Waals surface area (Å²) in [5, 5.41) is 9.43. The minimum absolute atomic E-state index is 0.255. The van der Waals surface area contributed by atoms with Crippen LogP contribution in [0.5, 0.6) is 0 Å². The Labute approximate surface area is 176 Å². The Kier molecular flexibility index (Phi) is 4.08. The summed E-state index contributed by atoms with van der Waals surface area (Å²) < 4.78 is 3.24. The molecule has 0 bridgehead atoms. The van der Waals surface area contributed by atoms with Crippen molar-refractivity contribution in [1.29, 1.82) is 0 Å². The lowest BCUT2D eigenvalue weighted by atomic mass is 10.0. The van der Waals surface area contributed by atoms with Crippen molar-refractivity contribution >= 4 is 39.4 Å². The fourth-order valence-electron chi connectivity index (χ4n) is 3.68. The Morgan fingerprint density at radius 3 is 2.57 bits per heavy atom. The van der Waals surface area contributed by atoms with Gasteiger partial charge in [0.2, 0.25) is 0 Å². The van der Waals surface area contributed by atoms with Crippen LogP contribution in [-0.2, 0) is 7.05 Å². The number of nitrogens with two attached hydrogens (primary N) is 1. The smallest absolute Gasteiger partial charge is 0.266 e. The Balaban J connectivity index is 1.91. The van der Waals surface area contributed by atoms with Crippen LogP contribution >= 0.6 is 11.6 Å². The summed E-state index contributed by atoms with van der Waals surface area (Å²) in [6.07, 6.45) is 0. The number of nitrogen functional groups attached to an aromatic ring is 1. The van der Waals surface area contributed by atoms with Gasteiger partial charge in [0.25, 0.3) is 5.56 Å². The zero-order valence-corrected chi connectivity index (χ0v) is 17.1. The molecule has 0 amide bonds. The van der Waals surface area contributed by atoms with E-state index in [1.165, 1.54) is 0 Å². The molecule has 148 valence electrons. The Morgan fingerprint density at radius 1 is 1.03 bits per heavy atom. The van der Waals surface area contributed by atoms with Crippen molar-refractivity contribution < 1.29 is 0 Å². The molecule has 0 fully saturated rings. The van der Waals surface area contributed by atoms with Crippen molar-refractivity contribution in [3.8, 4) is 16.8 Å². The number of pyridine rings is 2. The first-order valence-electron chi connectivity index (χ1n) is 9.31. The second-order valence-electron chi connectivity index (χ2n) is 7.15. The molecule has 0 aliphatic carbocycles. The van der Waals surface area contributed by atoms with Crippen molar-refractivity contribution in [2.75, 3.05) is 5.73 Å². The monoisotopic (exact) mass is 416 g/mol. The molecule has 3 aromatic heterocycles. The van der Waals surface area contributed by atoms with E-state index in [0.29, 0.717) is 38.6 Å². The van der Waals surface area contributed by atoms with Crippen LogP contribution in [0.2, 0.25) is 5.02 Å². The maximum absolute atomic E-state index is 13.7. The van der Waals surface area contributed by atoms with Gasteiger partial charge in [-0.15, -0.1) is 5.10 Å². The minimum atomic E-state index is -0.255. The summed E-state index contributed by atoms with van der Waals surface area (Å²) >= 11 is 6.06. The van der Waals surface area contributed by atoms with E-state index in [1.54, 1.807) is 33.5 Å². The Bertz CT molecular complexity index is 1500. The highest BCUT2D eigenvalue weighted by atomic mass is 35.5. The van der Waals surface area contributed by atoms with Crippen LogP contribution in [0.25, 0.3) is 38.9 Å². The first-order valence-corrected chi connectivity index (χ1v) is 9.69. The molecule has 0 spiro atoms. The number of hydrogen-bond acceptors (Lipinski definition) is 5. The summed E-state index contributed by atoms with van der Waals surface area (Å²) in [7, 11) is 1.81. The van der Waals surface area contributed by atoms with Crippen LogP contribution in [0.15, 0.2) is 59.4 Å². The maximum Gasteiger partial charge on any atom is 0.266 e. The molecule has 0 unspecified atom stereocenters. The highest BCUT2D eigenvalue weighted by Gasteiger charge is 2.19. The molecule has 7 nitrogen and oxygen atoms in total. The number of fused-ring (bicyclic) bond motifs is 2. The van der Waals surface area contributed by atoms with Crippen LogP contribution < -0.4 is 11.3 Å². The van der Waals surface area contributed by atoms with Crippen LogP contribution in [-0.4, -0.2) is 24.5 Å². The molecule has 5 rings (SSSR count). The van der Waals surface area contributed by atoms with Gasteiger partial charge in [-0.05, 0) is 61.0 Å². The van der Waals surface area contributed by atoms with Crippen molar-refractivity contribution in [2.24, 2.45) is 7.05 Å². The van der Waals surface area contributed by atoms with Crippen LogP contribution in [0, 0.1) is 6.92 Å². The van der Waals surface area contributed by atoms with Crippen LogP contribution in [0.1, 0.15) is 5.69 Å². The van der Waals surface area contributed by atoms with E-state index in [2.05, 4.69) is 15.3 Å². The number of anilines is 1. The van der Waals surface area contributed by atoms with E-state index in [4.69, 9.17) is 17.3 Å². The van der Waals surface area contributed by atoms with E-state index in [0.717, 1.165) is 16.7 Å². The molecule has 30 heavy (non-hydrogen) atoms. The molecule has 3 heterocycles. The lowest BCUT2D eigenvalue weighted by Crippen LogP contribution is -2.23. The highest BCUT2D eigenvalue weighted by molar-refractivity contribution is 6.30. The molecule has 0 radical (unpaired) electrons. The average molecular weight is 417 g/mol. The van der Waals surface area contributed by atoms with Crippen molar-refractivity contribution in [3.05, 3.63) is 75.7 Å². The van der Waals surface area contributed by atoms with Gasteiger partial charge in [-0.25, -0.2) is 9.67 Å². The number of halogens is 1. The van der Waals surface area contributed by atoms with Gasteiger partial charge in [0.15, 0.2) is 0 Å². The Hall–Kier alpha value is -3.71. The largest absolute Gasteiger partial charge is 0.397 e. The van der Waals surface area contributed by atoms with Crippen molar-refractivity contribution in [2.45, 2.75) is 6.92 Å². The van der Waals surface area contributed by atoms with Gasteiger partial charge in [-0.3, -0.25) is 9.36 Å². The number of hydrogen-bond donors (Lipinski definition) is 1. The third kappa shape index (κ3) is 2.74. The number of aryl methyl sites for hydroxylation is 2. The average Bonchev–Trinajstić information content (AvgIpc) is 3.10. The Morgan fingerprint density at radius 2 is 1.80 bits per heavy atom. The fraction of sp³-hybridized carbons (Fsp3) is 0.0909. The van der Waals surface area contributed by atoms with Gasteiger partial charge in [0.05, 0.1) is 22.5 Å². The second kappa shape index (κ2) is 6.67. The summed E-state index contributed by atoms with van der Waals surface area (Å²) in [5.41, 5.74) is 11.3. The second-order valence-corrected chi connectivity index (χ2v) is 7.58. The van der Waals surface area contributed by atoms with E-state index in [1.807, 2.05) is 44.3 Å². The summed E-state index contributed by atoms with van der Waals surface area (Å²) in [6.45, 7) is 1.88. The molecule has 8 heteroatoms. The van der Waals surface area contributed by atoms with Gasteiger partial charge in [0, 0.05) is 23.2 Å². The number of benzene rings is 2. The number of aromatic nitrogens is 5. The van der Waals surface area contributed by atoms with Crippen molar-refractivity contribution in [3.63, 3.8) is 0 Å². The standard InChI is InChI=1S/C22H17ClN6O/c1-12-3-9-16-20(24)19(13-4-10-17-18(11-13)28(2)27-26-17)22(30)29(21(16)25-12)15-7-5-14(23)6-8-15/h3-11H,24H2,1-2H3. The first kappa shape index (κ1) is 18.3. The summed E-state index contributed by atoms with van der Waals surface area (Å²) in [4.78, 5) is 18.3. The van der Waals surface area contributed by atoms with Gasteiger partial charge >= 0.3 is 0 Å². The normalized spacial score (nSPS) is 11.4. The highest BCUT2D eigenvalue weighted by Crippen LogP contribution is 2.31. The van der Waals surface area contributed by atoms with E-state index in [9.17, 15) is 4.79 Å². The van der Waals surface area contributed by atoms with Crippen LogP contribution in [0.4, 0.5) is 5.69 Å². The maximum atomic E-state index is 13.7. The molecular formula is C22H17ClN6O. The molecule has 0 atom stereocenters. The zero-order chi connectivity index (χ0) is 21.0. The fourth-order valence-corrected chi connectivity index (χ4v) is 3.80.